The van der Waals surface area contributed by atoms with Gasteiger partial charge in [0.05, 0.1) is 0 Å². The van der Waals surface area contributed by atoms with Crippen molar-refractivity contribution in [2.75, 3.05) is 6.61 Å². The standard InChI is InChI=1S/C14H19NO2/c1-11-4-3-5-13(10-11)6-7-14(17)15-12(2)8-9-16/h3-7,10,12,16H,8-9H2,1-2H3,(H,15,17)/b7-6+. The smallest absolute Gasteiger partial charge is 0.244 e. The summed E-state index contributed by atoms with van der Waals surface area (Å²) in [5.41, 5.74) is 2.18. The maximum Gasteiger partial charge on any atom is 0.244 e. The first kappa shape index (κ1) is 13.5. The van der Waals surface area contributed by atoms with Gasteiger partial charge in [0, 0.05) is 18.7 Å². The van der Waals surface area contributed by atoms with Crippen molar-refractivity contribution in [2.24, 2.45) is 0 Å². The Labute approximate surface area is 102 Å². The molecule has 0 saturated heterocycles. The molecule has 0 bridgehead atoms. The number of rotatable bonds is 5. The number of aliphatic hydroxyl groups is 1. The molecular formula is C14H19NO2. The van der Waals surface area contributed by atoms with Crippen LogP contribution in [0.15, 0.2) is 30.3 Å². The molecule has 92 valence electrons. The van der Waals surface area contributed by atoms with Crippen LogP contribution in [0.25, 0.3) is 6.08 Å². The van der Waals surface area contributed by atoms with Crippen molar-refractivity contribution in [3.05, 3.63) is 41.5 Å². The minimum Gasteiger partial charge on any atom is -0.396 e. The molecule has 1 atom stereocenters. The van der Waals surface area contributed by atoms with Gasteiger partial charge in [0.1, 0.15) is 0 Å². The molecule has 3 heteroatoms. The van der Waals surface area contributed by atoms with Crippen LogP contribution in [-0.4, -0.2) is 23.7 Å². The largest absolute Gasteiger partial charge is 0.396 e. The van der Waals surface area contributed by atoms with Crippen LogP contribution >= 0.6 is 0 Å². The van der Waals surface area contributed by atoms with E-state index in [-0.39, 0.29) is 18.6 Å². The molecular weight excluding hydrogens is 214 g/mol. The van der Waals surface area contributed by atoms with Crippen molar-refractivity contribution in [1.29, 1.82) is 0 Å². The maximum absolute atomic E-state index is 11.5. The molecule has 0 saturated carbocycles. The van der Waals surface area contributed by atoms with Gasteiger partial charge in [0.2, 0.25) is 5.91 Å². The van der Waals surface area contributed by atoms with E-state index in [9.17, 15) is 4.79 Å². The van der Waals surface area contributed by atoms with E-state index < -0.39 is 0 Å². The highest BCUT2D eigenvalue weighted by Gasteiger charge is 2.02. The summed E-state index contributed by atoms with van der Waals surface area (Å²) in [5, 5.41) is 11.5. The second-order valence-corrected chi connectivity index (χ2v) is 4.17. The Hall–Kier alpha value is -1.61. The van der Waals surface area contributed by atoms with Crippen LogP contribution in [0.4, 0.5) is 0 Å². The molecule has 0 aliphatic carbocycles. The third kappa shape index (κ3) is 5.31. The molecule has 2 N–H and O–H groups in total. The highest BCUT2D eigenvalue weighted by molar-refractivity contribution is 5.91. The topological polar surface area (TPSA) is 49.3 Å². The van der Waals surface area contributed by atoms with Gasteiger partial charge in [-0.2, -0.15) is 0 Å². The third-order valence-corrected chi connectivity index (χ3v) is 2.42. The summed E-state index contributed by atoms with van der Waals surface area (Å²) < 4.78 is 0. The second-order valence-electron chi connectivity index (χ2n) is 4.17. The number of hydrogen-bond acceptors (Lipinski definition) is 2. The Morgan fingerprint density at radius 2 is 2.29 bits per heavy atom. The van der Waals surface area contributed by atoms with E-state index in [1.807, 2.05) is 38.1 Å². The number of carbonyl (C=O) groups is 1. The van der Waals surface area contributed by atoms with E-state index in [2.05, 4.69) is 5.32 Å². The van der Waals surface area contributed by atoms with Gasteiger partial charge in [-0.15, -0.1) is 0 Å². The fourth-order valence-electron chi connectivity index (χ4n) is 1.50. The molecule has 1 unspecified atom stereocenters. The van der Waals surface area contributed by atoms with Crippen LogP contribution in [0.2, 0.25) is 0 Å². The SMILES string of the molecule is Cc1cccc(/C=C/C(=O)NC(C)CCO)c1. The number of carbonyl (C=O) groups excluding carboxylic acids is 1. The van der Waals surface area contributed by atoms with Crippen LogP contribution < -0.4 is 5.32 Å². The Balaban J connectivity index is 2.51. The highest BCUT2D eigenvalue weighted by atomic mass is 16.3. The predicted molar refractivity (Wildman–Crippen MR) is 69.5 cm³/mol. The molecule has 1 aromatic rings. The zero-order valence-electron chi connectivity index (χ0n) is 10.3. The van der Waals surface area contributed by atoms with Gasteiger partial charge in [0.25, 0.3) is 0 Å². The van der Waals surface area contributed by atoms with Crippen LogP contribution in [0.1, 0.15) is 24.5 Å². The molecule has 0 radical (unpaired) electrons. The summed E-state index contributed by atoms with van der Waals surface area (Å²) in [7, 11) is 0. The summed E-state index contributed by atoms with van der Waals surface area (Å²) in [6, 6.07) is 7.94. The van der Waals surface area contributed by atoms with Crippen molar-refractivity contribution >= 4 is 12.0 Å². The fraction of sp³-hybridized carbons (Fsp3) is 0.357. The number of aryl methyl sites for hydroxylation is 1. The third-order valence-electron chi connectivity index (χ3n) is 2.42. The molecule has 0 spiro atoms. The van der Waals surface area contributed by atoms with Gasteiger partial charge in [-0.05, 0) is 31.9 Å². The van der Waals surface area contributed by atoms with Gasteiger partial charge in [-0.25, -0.2) is 0 Å². The van der Waals surface area contributed by atoms with Crippen LogP contribution in [0.5, 0.6) is 0 Å². The average Bonchev–Trinajstić information content (AvgIpc) is 2.27. The summed E-state index contributed by atoms with van der Waals surface area (Å²) in [6.07, 6.45) is 3.88. The summed E-state index contributed by atoms with van der Waals surface area (Å²) in [4.78, 5) is 11.5. The molecule has 0 aromatic heterocycles. The van der Waals surface area contributed by atoms with Gasteiger partial charge < -0.3 is 10.4 Å². The fourth-order valence-corrected chi connectivity index (χ4v) is 1.50. The molecule has 0 heterocycles. The first-order chi connectivity index (χ1) is 8.11. The minimum absolute atomic E-state index is 0.00494. The lowest BCUT2D eigenvalue weighted by Crippen LogP contribution is -2.31. The average molecular weight is 233 g/mol. The van der Waals surface area contributed by atoms with Gasteiger partial charge in [-0.1, -0.05) is 29.8 Å². The molecule has 0 fully saturated rings. The molecule has 3 nitrogen and oxygen atoms in total. The molecule has 17 heavy (non-hydrogen) atoms. The van der Waals surface area contributed by atoms with E-state index in [1.54, 1.807) is 6.08 Å². The lowest BCUT2D eigenvalue weighted by molar-refractivity contribution is -0.117. The lowest BCUT2D eigenvalue weighted by Gasteiger charge is -2.09. The van der Waals surface area contributed by atoms with Crippen molar-refractivity contribution in [2.45, 2.75) is 26.3 Å². The molecule has 0 aliphatic rings. The minimum atomic E-state index is -0.132. The summed E-state index contributed by atoms with van der Waals surface area (Å²) in [5.74, 6) is -0.132. The van der Waals surface area contributed by atoms with Gasteiger partial charge in [-0.3, -0.25) is 4.79 Å². The number of hydrogen-bond donors (Lipinski definition) is 2. The number of aliphatic hydroxyl groups excluding tert-OH is 1. The monoisotopic (exact) mass is 233 g/mol. The Bertz CT molecular complexity index is 399. The quantitative estimate of drug-likeness (QED) is 0.763. The van der Waals surface area contributed by atoms with Crippen molar-refractivity contribution < 1.29 is 9.90 Å². The summed E-state index contributed by atoms with van der Waals surface area (Å²) >= 11 is 0. The predicted octanol–water partition coefficient (Wildman–Crippen LogP) is 1.90. The Kier molecular flexibility index (Phi) is 5.43. The van der Waals surface area contributed by atoms with Crippen LogP contribution in [0, 0.1) is 6.92 Å². The van der Waals surface area contributed by atoms with Gasteiger partial charge >= 0.3 is 0 Å². The van der Waals surface area contributed by atoms with Crippen molar-refractivity contribution in [3.63, 3.8) is 0 Å². The van der Waals surface area contributed by atoms with Crippen LogP contribution in [-0.2, 0) is 4.79 Å². The van der Waals surface area contributed by atoms with E-state index in [1.165, 1.54) is 11.6 Å². The number of nitrogens with one attached hydrogen (secondary N) is 1. The maximum atomic E-state index is 11.5. The van der Waals surface area contributed by atoms with E-state index >= 15 is 0 Å². The highest BCUT2D eigenvalue weighted by Crippen LogP contribution is 2.05. The van der Waals surface area contributed by atoms with Crippen molar-refractivity contribution in [3.8, 4) is 0 Å². The Morgan fingerprint density at radius 3 is 2.94 bits per heavy atom. The van der Waals surface area contributed by atoms with Crippen LogP contribution in [0.3, 0.4) is 0 Å². The first-order valence-corrected chi connectivity index (χ1v) is 5.78. The van der Waals surface area contributed by atoms with E-state index in [0.717, 1.165) is 5.56 Å². The first-order valence-electron chi connectivity index (χ1n) is 5.78. The number of benzene rings is 1. The number of amides is 1. The molecule has 0 aliphatic heterocycles. The molecule has 1 amide bonds. The zero-order chi connectivity index (χ0) is 12.7. The zero-order valence-corrected chi connectivity index (χ0v) is 10.3. The molecule has 1 rings (SSSR count). The van der Waals surface area contributed by atoms with E-state index in [0.29, 0.717) is 6.42 Å². The normalized spacial score (nSPS) is 12.6. The summed E-state index contributed by atoms with van der Waals surface area (Å²) in [6.45, 7) is 3.97. The lowest BCUT2D eigenvalue weighted by atomic mass is 10.1. The van der Waals surface area contributed by atoms with E-state index in [4.69, 9.17) is 5.11 Å². The Morgan fingerprint density at radius 1 is 1.53 bits per heavy atom. The van der Waals surface area contributed by atoms with Crippen molar-refractivity contribution in [1.82, 2.24) is 5.32 Å². The second kappa shape index (κ2) is 6.86. The molecule has 1 aromatic carbocycles. The van der Waals surface area contributed by atoms with Gasteiger partial charge in [0.15, 0.2) is 0 Å².